The summed E-state index contributed by atoms with van der Waals surface area (Å²) >= 11 is 0.941. The van der Waals surface area contributed by atoms with E-state index in [-0.39, 0.29) is 13.1 Å². The summed E-state index contributed by atoms with van der Waals surface area (Å²) in [6.07, 6.45) is -4.44. The van der Waals surface area contributed by atoms with Gasteiger partial charge >= 0.3 is 6.18 Å². The van der Waals surface area contributed by atoms with E-state index < -0.39 is 11.9 Å². The maximum Gasteiger partial charge on any atom is 0.434 e. The van der Waals surface area contributed by atoms with Crippen LogP contribution in [-0.4, -0.2) is 39.8 Å². The van der Waals surface area contributed by atoms with Crippen molar-refractivity contribution in [3.8, 4) is 17.1 Å². The number of nitrogens with zero attached hydrogens (tertiary/aromatic N) is 4. The Morgan fingerprint density at radius 1 is 1.20 bits per heavy atom. The standard InChI is InChI=1S/C18H20F3N7OS/c1-3-22-17(24-9-15-25-13(10-30-15)18(19,20)21)23-8-14-26-16(28-27-14)11-4-6-12(29-2)7-5-11/h4-7,10H,3,8-9H2,1-2H3,(H2,22,23,24)(H,26,27,28). The number of thiazole rings is 1. The Morgan fingerprint density at radius 2 is 1.97 bits per heavy atom. The second-order valence-electron chi connectivity index (χ2n) is 6.01. The van der Waals surface area contributed by atoms with E-state index in [1.165, 1.54) is 0 Å². The zero-order valence-corrected chi connectivity index (χ0v) is 17.1. The highest BCUT2D eigenvalue weighted by Crippen LogP contribution is 2.29. The molecule has 0 unspecified atom stereocenters. The van der Waals surface area contributed by atoms with Crippen LogP contribution in [0.15, 0.2) is 34.6 Å². The number of nitrogens with one attached hydrogen (secondary N) is 3. The van der Waals surface area contributed by atoms with Crippen molar-refractivity contribution in [1.82, 2.24) is 30.8 Å². The molecule has 0 amide bonds. The van der Waals surface area contributed by atoms with E-state index in [0.717, 1.165) is 28.0 Å². The number of alkyl halides is 3. The van der Waals surface area contributed by atoms with E-state index in [0.29, 0.717) is 29.2 Å². The molecule has 2 aromatic heterocycles. The molecule has 30 heavy (non-hydrogen) atoms. The predicted octanol–water partition coefficient (Wildman–Crippen LogP) is 3.21. The molecule has 0 atom stereocenters. The number of ether oxygens (including phenoxy) is 1. The van der Waals surface area contributed by atoms with Crippen LogP contribution in [0.2, 0.25) is 0 Å². The molecule has 3 aromatic rings. The van der Waals surface area contributed by atoms with Crippen LogP contribution in [0.3, 0.4) is 0 Å². The number of aliphatic imine (C=N–C) groups is 1. The summed E-state index contributed by atoms with van der Waals surface area (Å²) in [4.78, 5) is 12.4. The zero-order chi connectivity index (χ0) is 21.6. The van der Waals surface area contributed by atoms with Crippen LogP contribution in [0.4, 0.5) is 13.2 Å². The van der Waals surface area contributed by atoms with Crippen LogP contribution in [0, 0.1) is 0 Å². The monoisotopic (exact) mass is 439 g/mol. The molecule has 0 aliphatic carbocycles. The number of guanidine groups is 1. The fraction of sp³-hybridized carbons (Fsp3) is 0.333. The molecule has 0 aliphatic heterocycles. The van der Waals surface area contributed by atoms with Crippen molar-refractivity contribution < 1.29 is 17.9 Å². The molecule has 12 heteroatoms. The van der Waals surface area contributed by atoms with Crippen LogP contribution in [0.1, 0.15) is 23.4 Å². The third-order valence-corrected chi connectivity index (χ3v) is 4.71. The SMILES string of the molecule is CCNC(=NCc1nc(-c2ccc(OC)cc2)n[nH]1)NCc1nc(C(F)(F)F)cs1. The van der Waals surface area contributed by atoms with Gasteiger partial charge in [0.1, 0.15) is 23.1 Å². The Bertz CT molecular complexity index is 982. The van der Waals surface area contributed by atoms with E-state index >= 15 is 0 Å². The van der Waals surface area contributed by atoms with Crippen molar-refractivity contribution in [2.45, 2.75) is 26.2 Å². The summed E-state index contributed by atoms with van der Waals surface area (Å²) in [5.74, 6) is 2.25. The highest BCUT2D eigenvalue weighted by molar-refractivity contribution is 7.09. The van der Waals surface area contributed by atoms with Gasteiger partial charge in [0.2, 0.25) is 0 Å². The summed E-state index contributed by atoms with van der Waals surface area (Å²) in [6.45, 7) is 2.81. The van der Waals surface area contributed by atoms with Crippen LogP contribution in [-0.2, 0) is 19.3 Å². The fourth-order valence-electron chi connectivity index (χ4n) is 2.41. The predicted molar refractivity (Wildman–Crippen MR) is 107 cm³/mol. The van der Waals surface area contributed by atoms with Gasteiger partial charge in [-0.25, -0.2) is 15.0 Å². The van der Waals surface area contributed by atoms with Gasteiger partial charge in [0.25, 0.3) is 0 Å². The van der Waals surface area contributed by atoms with Gasteiger partial charge in [0.15, 0.2) is 17.5 Å². The van der Waals surface area contributed by atoms with Gasteiger partial charge in [0, 0.05) is 17.5 Å². The topological polar surface area (TPSA) is 100 Å². The van der Waals surface area contributed by atoms with Crippen LogP contribution >= 0.6 is 11.3 Å². The highest BCUT2D eigenvalue weighted by Gasteiger charge is 2.33. The molecule has 0 saturated heterocycles. The largest absolute Gasteiger partial charge is 0.497 e. The number of benzene rings is 1. The Morgan fingerprint density at radius 3 is 2.60 bits per heavy atom. The van der Waals surface area contributed by atoms with E-state index in [1.807, 2.05) is 31.2 Å². The van der Waals surface area contributed by atoms with E-state index in [4.69, 9.17) is 4.74 Å². The molecule has 8 nitrogen and oxygen atoms in total. The van der Waals surface area contributed by atoms with Crippen molar-refractivity contribution in [2.75, 3.05) is 13.7 Å². The third-order valence-electron chi connectivity index (χ3n) is 3.86. The Hall–Kier alpha value is -3.15. The number of H-pyrrole nitrogens is 1. The molecule has 2 heterocycles. The molecule has 3 rings (SSSR count). The van der Waals surface area contributed by atoms with Gasteiger partial charge in [-0.05, 0) is 31.2 Å². The highest BCUT2D eigenvalue weighted by atomic mass is 32.1. The van der Waals surface area contributed by atoms with E-state index in [1.54, 1.807) is 7.11 Å². The third kappa shape index (κ3) is 5.69. The first-order valence-corrected chi connectivity index (χ1v) is 9.86. The molecule has 3 N–H and O–H groups in total. The number of methoxy groups -OCH3 is 1. The fourth-order valence-corrected chi connectivity index (χ4v) is 3.15. The number of aromatic nitrogens is 4. The van der Waals surface area contributed by atoms with Crippen LogP contribution in [0.5, 0.6) is 5.75 Å². The molecule has 0 saturated carbocycles. The summed E-state index contributed by atoms with van der Waals surface area (Å²) in [5, 5.41) is 14.3. The van der Waals surface area contributed by atoms with Crippen LogP contribution < -0.4 is 15.4 Å². The normalized spacial score (nSPS) is 12.1. The average molecular weight is 439 g/mol. The number of hydrogen-bond donors (Lipinski definition) is 3. The van der Waals surface area contributed by atoms with Crippen molar-refractivity contribution >= 4 is 17.3 Å². The first kappa shape index (κ1) is 21.6. The summed E-state index contributed by atoms with van der Waals surface area (Å²) in [6, 6.07) is 7.34. The minimum atomic E-state index is -4.44. The van der Waals surface area contributed by atoms with Gasteiger partial charge in [-0.2, -0.15) is 18.3 Å². The van der Waals surface area contributed by atoms with Gasteiger partial charge in [-0.1, -0.05) is 0 Å². The summed E-state index contributed by atoms with van der Waals surface area (Å²) in [7, 11) is 1.59. The smallest absolute Gasteiger partial charge is 0.434 e. The lowest BCUT2D eigenvalue weighted by Crippen LogP contribution is -2.36. The molecule has 0 bridgehead atoms. The maximum absolute atomic E-state index is 12.7. The quantitative estimate of drug-likeness (QED) is 0.386. The molecule has 0 radical (unpaired) electrons. The second kappa shape index (κ2) is 9.57. The van der Waals surface area contributed by atoms with E-state index in [2.05, 4.69) is 35.8 Å². The number of rotatable bonds is 7. The van der Waals surface area contributed by atoms with Crippen LogP contribution in [0.25, 0.3) is 11.4 Å². The minimum Gasteiger partial charge on any atom is -0.497 e. The second-order valence-corrected chi connectivity index (χ2v) is 6.95. The lowest BCUT2D eigenvalue weighted by Gasteiger charge is -2.09. The molecule has 0 aliphatic rings. The van der Waals surface area contributed by atoms with Gasteiger partial charge in [-0.15, -0.1) is 11.3 Å². The molecule has 0 fully saturated rings. The Balaban J connectivity index is 1.61. The van der Waals surface area contributed by atoms with Crippen molar-refractivity contribution in [3.05, 3.63) is 46.2 Å². The lowest BCUT2D eigenvalue weighted by atomic mass is 10.2. The Labute approximate surface area is 174 Å². The first-order valence-electron chi connectivity index (χ1n) is 8.98. The van der Waals surface area contributed by atoms with Crippen molar-refractivity contribution in [2.24, 2.45) is 4.99 Å². The van der Waals surface area contributed by atoms with Gasteiger partial charge in [0.05, 0.1) is 13.7 Å². The molecule has 0 spiro atoms. The summed E-state index contributed by atoms with van der Waals surface area (Å²) < 4.78 is 43.1. The molecule has 160 valence electrons. The lowest BCUT2D eigenvalue weighted by molar-refractivity contribution is -0.140. The number of hydrogen-bond acceptors (Lipinski definition) is 6. The van der Waals surface area contributed by atoms with E-state index in [9.17, 15) is 13.2 Å². The number of aromatic amines is 1. The zero-order valence-electron chi connectivity index (χ0n) is 16.2. The van der Waals surface area contributed by atoms with Crippen molar-refractivity contribution in [3.63, 3.8) is 0 Å². The molecular weight excluding hydrogens is 419 g/mol. The maximum atomic E-state index is 12.7. The molecular formula is C18H20F3N7OS. The summed E-state index contributed by atoms with van der Waals surface area (Å²) in [5.41, 5.74) is -0.0597. The van der Waals surface area contributed by atoms with Gasteiger partial charge in [-0.3, -0.25) is 5.10 Å². The number of halogens is 3. The first-order chi connectivity index (χ1) is 14.4. The van der Waals surface area contributed by atoms with Crippen molar-refractivity contribution in [1.29, 1.82) is 0 Å². The molecule has 1 aromatic carbocycles. The Kier molecular flexibility index (Phi) is 6.87. The van der Waals surface area contributed by atoms with Gasteiger partial charge < -0.3 is 15.4 Å². The minimum absolute atomic E-state index is 0.125. The average Bonchev–Trinajstić information content (AvgIpc) is 3.40.